The van der Waals surface area contributed by atoms with E-state index in [4.69, 9.17) is 21.8 Å². The molecule has 0 aromatic carbocycles. The van der Waals surface area contributed by atoms with E-state index in [1.807, 2.05) is 0 Å². The molecule has 1 heterocycles. The van der Waals surface area contributed by atoms with Crippen LogP contribution >= 0.6 is 11.6 Å². The highest BCUT2D eigenvalue weighted by atomic mass is 35.5. The van der Waals surface area contributed by atoms with Crippen molar-refractivity contribution in [1.82, 2.24) is 4.98 Å². The topological polar surface area (TPSA) is 53.4 Å². The third-order valence-corrected chi connectivity index (χ3v) is 1.75. The Morgan fingerprint density at radius 1 is 1.36 bits per heavy atom. The van der Waals surface area contributed by atoms with Gasteiger partial charge in [-0.15, -0.1) is 0 Å². The van der Waals surface area contributed by atoms with Gasteiger partial charge < -0.3 is 10.2 Å². The van der Waals surface area contributed by atoms with E-state index in [2.05, 4.69) is 4.98 Å². The van der Waals surface area contributed by atoms with E-state index in [0.717, 1.165) is 0 Å². The number of aliphatic hydroxyl groups excluding tert-OH is 2. The van der Waals surface area contributed by atoms with Crippen LogP contribution < -0.4 is 0 Å². The molecule has 2 N–H and O–H groups in total. The van der Waals surface area contributed by atoms with Crippen LogP contribution in [0.5, 0.6) is 0 Å². The predicted octanol–water partition coefficient (Wildman–Crippen LogP) is 0.720. The first-order chi connectivity index (χ1) is 5.29. The maximum atomic E-state index is 8.79. The van der Waals surface area contributed by atoms with E-state index in [9.17, 15) is 0 Å². The Bertz CT molecular complexity index is 252. The highest BCUT2D eigenvalue weighted by molar-refractivity contribution is 6.30. The van der Waals surface area contributed by atoms with Crippen LogP contribution in [-0.4, -0.2) is 15.2 Å². The Balaban J connectivity index is 3.13. The monoisotopic (exact) mass is 173 g/mol. The summed E-state index contributed by atoms with van der Waals surface area (Å²) in [6.45, 7) is -0.319. The van der Waals surface area contributed by atoms with Gasteiger partial charge in [0.25, 0.3) is 0 Å². The normalized spacial score (nSPS) is 10.1. The number of halogens is 1. The molecule has 60 valence electrons. The van der Waals surface area contributed by atoms with Gasteiger partial charge in [0.1, 0.15) is 5.15 Å². The molecule has 0 saturated heterocycles. The molecule has 0 saturated carbocycles. The molecule has 11 heavy (non-hydrogen) atoms. The summed E-state index contributed by atoms with van der Waals surface area (Å²) in [5.74, 6) is 0. The molecule has 0 bridgehead atoms. The van der Waals surface area contributed by atoms with Crippen LogP contribution in [0.4, 0.5) is 0 Å². The zero-order valence-electron chi connectivity index (χ0n) is 5.79. The lowest BCUT2D eigenvalue weighted by molar-refractivity contribution is 0.259. The van der Waals surface area contributed by atoms with E-state index in [1.54, 1.807) is 6.07 Å². The van der Waals surface area contributed by atoms with Crippen molar-refractivity contribution in [1.29, 1.82) is 0 Å². The molecule has 0 aliphatic carbocycles. The van der Waals surface area contributed by atoms with Gasteiger partial charge in [0, 0.05) is 11.8 Å². The van der Waals surface area contributed by atoms with Gasteiger partial charge in [0.15, 0.2) is 0 Å². The van der Waals surface area contributed by atoms with Crippen molar-refractivity contribution in [3.05, 3.63) is 28.5 Å². The molecule has 0 aliphatic rings. The fourth-order valence-corrected chi connectivity index (χ4v) is 1.06. The summed E-state index contributed by atoms with van der Waals surface area (Å²) in [5.41, 5.74) is 1.11. The number of aromatic nitrogens is 1. The van der Waals surface area contributed by atoms with Gasteiger partial charge in [0.05, 0.1) is 13.2 Å². The summed E-state index contributed by atoms with van der Waals surface area (Å²) >= 11 is 5.63. The minimum absolute atomic E-state index is 0.127. The first kappa shape index (κ1) is 8.46. The standard InChI is InChI=1S/C7H8ClNO2/c8-7-6(4-11)5(3-10)1-2-9-7/h1-2,10-11H,3-4H2. The molecular formula is C7H8ClNO2. The first-order valence-electron chi connectivity index (χ1n) is 3.13. The summed E-state index contributed by atoms with van der Waals surface area (Å²) in [4.78, 5) is 3.75. The maximum Gasteiger partial charge on any atom is 0.134 e. The fraction of sp³-hybridized carbons (Fsp3) is 0.286. The SMILES string of the molecule is OCc1ccnc(Cl)c1CO. The van der Waals surface area contributed by atoms with Gasteiger partial charge in [-0.1, -0.05) is 11.6 Å². The van der Waals surface area contributed by atoms with Crippen LogP contribution in [0.25, 0.3) is 0 Å². The first-order valence-corrected chi connectivity index (χ1v) is 3.51. The Labute approximate surface area is 69.3 Å². The van der Waals surface area contributed by atoms with Crippen molar-refractivity contribution in [3.63, 3.8) is 0 Å². The van der Waals surface area contributed by atoms with Crippen molar-refractivity contribution in [2.75, 3.05) is 0 Å². The van der Waals surface area contributed by atoms with Crippen LogP contribution in [0, 0.1) is 0 Å². The van der Waals surface area contributed by atoms with Crippen molar-refractivity contribution >= 4 is 11.6 Å². The van der Waals surface area contributed by atoms with Crippen molar-refractivity contribution in [2.45, 2.75) is 13.2 Å². The van der Waals surface area contributed by atoms with E-state index >= 15 is 0 Å². The number of nitrogens with zero attached hydrogens (tertiary/aromatic N) is 1. The van der Waals surface area contributed by atoms with Gasteiger partial charge in [-0.2, -0.15) is 0 Å². The van der Waals surface area contributed by atoms with Gasteiger partial charge in [0.2, 0.25) is 0 Å². The van der Waals surface area contributed by atoms with Crippen molar-refractivity contribution < 1.29 is 10.2 Å². The van der Waals surface area contributed by atoms with Crippen molar-refractivity contribution in [2.24, 2.45) is 0 Å². The van der Waals surface area contributed by atoms with Gasteiger partial charge >= 0.3 is 0 Å². The fourth-order valence-electron chi connectivity index (χ4n) is 0.819. The van der Waals surface area contributed by atoms with Gasteiger partial charge in [-0.25, -0.2) is 4.98 Å². The Hall–Kier alpha value is -0.640. The zero-order chi connectivity index (χ0) is 8.27. The summed E-state index contributed by atoms with van der Waals surface area (Å²) in [5, 5.41) is 17.8. The Kier molecular flexibility index (Phi) is 2.82. The number of hydrogen-bond donors (Lipinski definition) is 2. The molecule has 0 amide bonds. The predicted molar refractivity (Wildman–Crippen MR) is 41.1 cm³/mol. The van der Waals surface area contributed by atoms with Crippen LogP contribution in [-0.2, 0) is 13.2 Å². The average Bonchev–Trinajstić information content (AvgIpc) is 2.04. The molecule has 0 radical (unpaired) electrons. The highest BCUT2D eigenvalue weighted by Crippen LogP contribution is 2.16. The molecular weight excluding hydrogens is 166 g/mol. The molecule has 0 atom stereocenters. The van der Waals surface area contributed by atoms with E-state index in [0.29, 0.717) is 11.1 Å². The molecule has 4 heteroatoms. The Morgan fingerprint density at radius 3 is 2.55 bits per heavy atom. The van der Waals surface area contributed by atoms with E-state index in [1.165, 1.54) is 6.20 Å². The second-order valence-electron chi connectivity index (χ2n) is 2.06. The largest absolute Gasteiger partial charge is 0.392 e. The molecule has 1 aromatic rings. The molecule has 0 aliphatic heterocycles. The smallest absolute Gasteiger partial charge is 0.134 e. The Morgan fingerprint density at radius 2 is 2.09 bits per heavy atom. The molecule has 0 unspecified atom stereocenters. The van der Waals surface area contributed by atoms with Gasteiger partial charge in [-0.3, -0.25) is 0 Å². The minimum atomic E-state index is -0.192. The third kappa shape index (κ3) is 1.68. The number of pyridine rings is 1. The molecule has 0 fully saturated rings. The van der Waals surface area contributed by atoms with E-state index < -0.39 is 0 Å². The maximum absolute atomic E-state index is 8.79. The highest BCUT2D eigenvalue weighted by Gasteiger charge is 2.04. The summed E-state index contributed by atoms with van der Waals surface area (Å²) in [6, 6.07) is 1.62. The van der Waals surface area contributed by atoms with E-state index in [-0.39, 0.29) is 18.4 Å². The molecule has 1 aromatic heterocycles. The quantitative estimate of drug-likeness (QED) is 0.648. The van der Waals surface area contributed by atoms with Gasteiger partial charge in [-0.05, 0) is 11.6 Å². The lowest BCUT2D eigenvalue weighted by Crippen LogP contribution is -1.96. The number of rotatable bonds is 2. The van der Waals surface area contributed by atoms with Crippen LogP contribution in [0.3, 0.4) is 0 Å². The summed E-state index contributed by atoms with van der Waals surface area (Å²) in [7, 11) is 0. The van der Waals surface area contributed by atoms with Crippen molar-refractivity contribution in [3.8, 4) is 0 Å². The number of aliphatic hydroxyl groups is 2. The third-order valence-electron chi connectivity index (χ3n) is 1.43. The summed E-state index contributed by atoms with van der Waals surface area (Å²) < 4.78 is 0. The second-order valence-corrected chi connectivity index (χ2v) is 2.41. The van der Waals surface area contributed by atoms with Crippen LogP contribution in [0.1, 0.15) is 11.1 Å². The van der Waals surface area contributed by atoms with Crippen LogP contribution in [0.2, 0.25) is 5.15 Å². The van der Waals surface area contributed by atoms with Crippen LogP contribution in [0.15, 0.2) is 12.3 Å². The average molecular weight is 174 g/mol. The molecule has 0 spiro atoms. The lowest BCUT2D eigenvalue weighted by Gasteiger charge is -2.03. The number of hydrogen-bond acceptors (Lipinski definition) is 3. The molecule has 3 nitrogen and oxygen atoms in total. The minimum Gasteiger partial charge on any atom is -0.392 e. The second kappa shape index (κ2) is 3.67. The zero-order valence-corrected chi connectivity index (χ0v) is 6.54. The summed E-state index contributed by atoms with van der Waals surface area (Å²) in [6.07, 6.45) is 1.49. The molecule has 1 rings (SSSR count). The lowest BCUT2D eigenvalue weighted by atomic mass is 10.1.